The number of anilines is 1. The summed E-state index contributed by atoms with van der Waals surface area (Å²) in [5.74, 6) is -1.26. The summed E-state index contributed by atoms with van der Waals surface area (Å²) in [5.41, 5.74) is -0.827. The summed E-state index contributed by atoms with van der Waals surface area (Å²) in [4.78, 5) is 3.87. The molecule has 0 aliphatic heterocycles. The van der Waals surface area contributed by atoms with Crippen molar-refractivity contribution in [3.63, 3.8) is 0 Å². The number of benzene rings is 1. The molecule has 8 heteroatoms. The summed E-state index contributed by atoms with van der Waals surface area (Å²) in [6, 6.07) is 3.01. The third-order valence-corrected chi connectivity index (χ3v) is 3.01. The van der Waals surface area contributed by atoms with Crippen LogP contribution in [0, 0.1) is 5.82 Å². The van der Waals surface area contributed by atoms with Crippen LogP contribution in [-0.2, 0) is 12.6 Å². The lowest BCUT2D eigenvalue weighted by Gasteiger charge is -2.10. The van der Waals surface area contributed by atoms with Gasteiger partial charge in [-0.15, -0.1) is 0 Å². The van der Waals surface area contributed by atoms with E-state index in [1.54, 1.807) is 0 Å². The van der Waals surface area contributed by atoms with Crippen LogP contribution in [0.25, 0.3) is 0 Å². The van der Waals surface area contributed by atoms with E-state index in [4.69, 9.17) is 0 Å². The van der Waals surface area contributed by atoms with Crippen molar-refractivity contribution in [2.45, 2.75) is 12.6 Å². The zero-order chi connectivity index (χ0) is 13.9. The first kappa shape index (κ1) is 13.7. The van der Waals surface area contributed by atoms with Crippen molar-refractivity contribution in [1.82, 2.24) is 9.36 Å². The molecule has 0 atom stereocenters. The average molecular weight is 291 g/mol. The summed E-state index contributed by atoms with van der Waals surface area (Å²) in [5, 5.41) is 3.51. The molecule has 0 spiro atoms. The number of rotatable bonds is 4. The quantitative estimate of drug-likeness (QED) is 0.878. The Balaban J connectivity index is 2.01. The van der Waals surface area contributed by atoms with E-state index in [0.29, 0.717) is 23.7 Å². The smallest absolute Gasteiger partial charge is 0.360 e. The van der Waals surface area contributed by atoms with Gasteiger partial charge in [-0.25, -0.2) is 9.37 Å². The largest absolute Gasteiger partial charge is 0.419 e. The Bertz CT molecular complexity index is 539. The molecule has 0 saturated heterocycles. The maximum atomic E-state index is 13.1. The molecule has 102 valence electrons. The van der Waals surface area contributed by atoms with Crippen molar-refractivity contribution in [1.29, 1.82) is 0 Å². The summed E-state index contributed by atoms with van der Waals surface area (Å²) >= 11 is 1.16. The van der Waals surface area contributed by atoms with E-state index in [0.717, 1.165) is 23.7 Å². The van der Waals surface area contributed by atoms with Crippen LogP contribution in [0.4, 0.5) is 22.7 Å². The SMILES string of the molecule is Fc1ccc(CCNc2ncns2)cc1C(F)(F)F. The van der Waals surface area contributed by atoms with E-state index in [1.165, 1.54) is 12.4 Å². The second kappa shape index (κ2) is 5.52. The Morgan fingerprint density at radius 3 is 2.68 bits per heavy atom. The van der Waals surface area contributed by atoms with Gasteiger partial charge in [-0.2, -0.15) is 17.5 Å². The molecule has 0 aliphatic carbocycles. The van der Waals surface area contributed by atoms with Gasteiger partial charge in [0.2, 0.25) is 5.13 Å². The molecule has 1 aromatic heterocycles. The van der Waals surface area contributed by atoms with Crippen molar-refractivity contribution in [3.05, 3.63) is 41.5 Å². The molecule has 0 bridgehead atoms. The van der Waals surface area contributed by atoms with E-state index >= 15 is 0 Å². The van der Waals surface area contributed by atoms with Gasteiger partial charge in [-0.1, -0.05) is 6.07 Å². The van der Waals surface area contributed by atoms with E-state index in [1.807, 2.05) is 0 Å². The van der Waals surface area contributed by atoms with Crippen LogP contribution < -0.4 is 5.32 Å². The van der Waals surface area contributed by atoms with Gasteiger partial charge < -0.3 is 5.32 Å². The first-order valence-corrected chi connectivity index (χ1v) is 6.10. The van der Waals surface area contributed by atoms with Gasteiger partial charge in [0.1, 0.15) is 12.1 Å². The van der Waals surface area contributed by atoms with Crippen LogP contribution >= 0.6 is 11.5 Å². The van der Waals surface area contributed by atoms with Crippen LogP contribution in [0.2, 0.25) is 0 Å². The highest BCUT2D eigenvalue weighted by atomic mass is 32.1. The topological polar surface area (TPSA) is 37.8 Å². The van der Waals surface area contributed by atoms with Gasteiger partial charge >= 0.3 is 6.18 Å². The summed E-state index contributed by atoms with van der Waals surface area (Å²) in [6.07, 6.45) is -2.96. The first-order chi connectivity index (χ1) is 8.97. The second-order valence-electron chi connectivity index (χ2n) is 3.74. The van der Waals surface area contributed by atoms with E-state index in [-0.39, 0.29) is 0 Å². The third-order valence-electron chi connectivity index (χ3n) is 2.39. The van der Waals surface area contributed by atoms with Crippen LogP contribution in [0.5, 0.6) is 0 Å². The normalized spacial score (nSPS) is 11.6. The minimum absolute atomic E-state index is 0.336. The molecule has 0 aliphatic rings. The van der Waals surface area contributed by atoms with Gasteiger partial charge in [0.25, 0.3) is 0 Å². The molecule has 1 heterocycles. The molecular formula is C11H9F4N3S. The van der Waals surface area contributed by atoms with Crippen LogP contribution in [0.1, 0.15) is 11.1 Å². The Kier molecular flexibility index (Phi) is 3.98. The number of hydrogen-bond donors (Lipinski definition) is 1. The number of halogens is 4. The second-order valence-corrected chi connectivity index (χ2v) is 4.52. The maximum Gasteiger partial charge on any atom is 0.419 e. The highest BCUT2D eigenvalue weighted by Gasteiger charge is 2.34. The lowest BCUT2D eigenvalue weighted by Crippen LogP contribution is -2.10. The Morgan fingerprint density at radius 1 is 1.26 bits per heavy atom. The van der Waals surface area contributed by atoms with Crippen molar-refractivity contribution in [2.24, 2.45) is 0 Å². The number of alkyl halides is 3. The first-order valence-electron chi connectivity index (χ1n) is 5.33. The van der Waals surface area contributed by atoms with Gasteiger partial charge in [-0.05, 0) is 24.1 Å². The van der Waals surface area contributed by atoms with Crippen LogP contribution in [0.15, 0.2) is 24.5 Å². The number of nitrogens with one attached hydrogen (secondary N) is 1. The fourth-order valence-electron chi connectivity index (χ4n) is 1.51. The van der Waals surface area contributed by atoms with Crippen LogP contribution in [0.3, 0.4) is 0 Å². The van der Waals surface area contributed by atoms with Crippen molar-refractivity contribution >= 4 is 16.7 Å². The Morgan fingerprint density at radius 2 is 2.05 bits per heavy atom. The van der Waals surface area contributed by atoms with Crippen molar-refractivity contribution in [2.75, 3.05) is 11.9 Å². The molecule has 0 fully saturated rings. The molecule has 0 radical (unpaired) electrons. The van der Waals surface area contributed by atoms with E-state index in [2.05, 4.69) is 14.7 Å². The van der Waals surface area contributed by atoms with Gasteiger partial charge in [0.15, 0.2) is 0 Å². The molecule has 0 saturated carbocycles. The summed E-state index contributed by atoms with van der Waals surface area (Å²) in [7, 11) is 0. The van der Waals surface area contributed by atoms with Crippen molar-refractivity contribution < 1.29 is 17.6 Å². The molecule has 19 heavy (non-hydrogen) atoms. The summed E-state index contributed by atoms with van der Waals surface area (Å²) < 4.78 is 54.3. The third kappa shape index (κ3) is 3.63. The Labute approximate surface area is 110 Å². The lowest BCUT2D eigenvalue weighted by atomic mass is 10.1. The number of hydrogen-bond acceptors (Lipinski definition) is 4. The Hall–Kier alpha value is -1.70. The molecule has 1 aromatic carbocycles. The fraction of sp³-hybridized carbons (Fsp3) is 0.273. The predicted molar refractivity (Wildman–Crippen MR) is 63.5 cm³/mol. The molecule has 0 amide bonds. The van der Waals surface area contributed by atoms with Gasteiger partial charge in [0.05, 0.1) is 5.56 Å². The number of nitrogens with zero attached hydrogens (tertiary/aromatic N) is 2. The van der Waals surface area contributed by atoms with Gasteiger partial charge in [0, 0.05) is 18.1 Å². The average Bonchev–Trinajstić information content (AvgIpc) is 2.83. The van der Waals surface area contributed by atoms with Gasteiger partial charge in [-0.3, -0.25) is 0 Å². The monoisotopic (exact) mass is 291 g/mol. The highest BCUT2D eigenvalue weighted by Crippen LogP contribution is 2.31. The standard InChI is InChI=1S/C11H9F4N3S/c12-9-2-1-7(5-8(9)11(13,14)15)3-4-16-10-17-6-18-19-10/h1-2,5-6H,3-4H2,(H,16,17,18). The molecule has 2 rings (SSSR count). The lowest BCUT2D eigenvalue weighted by molar-refractivity contribution is -0.140. The molecule has 2 aromatic rings. The fourth-order valence-corrected chi connectivity index (χ4v) is 1.96. The summed E-state index contributed by atoms with van der Waals surface area (Å²) in [6.45, 7) is 0.401. The number of aromatic nitrogens is 2. The van der Waals surface area contributed by atoms with Crippen molar-refractivity contribution in [3.8, 4) is 0 Å². The zero-order valence-electron chi connectivity index (χ0n) is 9.54. The minimum atomic E-state index is -4.67. The van der Waals surface area contributed by atoms with Crippen LogP contribution in [-0.4, -0.2) is 15.9 Å². The van der Waals surface area contributed by atoms with E-state index < -0.39 is 17.6 Å². The molecule has 1 N–H and O–H groups in total. The molecular weight excluding hydrogens is 282 g/mol. The predicted octanol–water partition coefficient (Wildman–Crippen LogP) is 3.35. The maximum absolute atomic E-state index is 13.1. The minimum Gasteiger partial charge on any atom is -0.360 e. The molecule has 0 unspecified atom stereocenters. The van der Waals surface area contributed by atoms with E-state index in [9.17, 15) is 17.6 Å². The zero-order valence-corrected chi connectivity index (χ0v) is 10.4. The highest BCUT2D eigenvalue weighted by molar-refractivity contribution is 7.09. The molecule has 3 nitrogen and oxygen atoms in total.